The van der Waals surface area contributed by atoms with Gasteiger partial charge in [0.25, 0.3) is 5.91 Å². The number of carbonyl (C=O) groups excluding carboxylic acids is 1. The predicted octanol–water partition coefficient (Wildman–Crippen LogP) is 4.07. The highest BCUT2D eigenvalue weighted by Gasteiger charge is 2.29. The van der Waals surface area contributed by atoms with Crippen molar-refractivity contribution in [2.45, 2.75) is 31.7 Å². The second-order valence-corrected chi connectivity index (χ2v) is 6.14. The minimum absolute atomic E-state index is 0.211. The molecule has 1 atom stereocenters. The first-order chi connectivity index (χ1) is 11.1. The number of rotatable bonds is 4. The van der Waals surface area contributed by atoms with Gasteiger partial charge in [-0.1, -0.05) is 37.1 Å². The predicted molar refractivity (Wildman–Crippen MR) is 89.4 cm³/mol. The number of hydrogen-bond donors (Lipinski definition) is 2. The summed E-state index contributed by atoms with van der Waals surface area (Å²) in [5, 5.41) is 3.03. The topological polar surface area (TPSA) is 55.1 Å². The fourth-order valence-electron chi connectivity index (χ4n) is 3.37. The Balaban J connectivity index is 1.87. The van der Waals surface area contributed by atoms with E-state index in [1.807, 2.05) is 6.07 Å². The Morgan fingerprint density at radius 3 is 2.57 bits per heavy atom. The Kier molecular flexibility index (Phi) is 4.60. The molecule has 4 heteroatoms. The number of halogens is 1. The van der Waals surface area contributed by atoms with Crippen LogP contribution in [-0.4, -0.2) is 5.91 Å². The molecule has 0 aliphatic heterocycles. The number of nitrogens with one attached hydrogen (secondary N) is 1. The molecule has 0 bridgehead atoms. The Morgan fingerprint density at radius 2 is 1.87 bits per heavy atom. The van der Waals surface area contributed by atoms with Gasteiger partial charge in [0.1, 0.15) is 5.82 Å². The van der Waals surface area contributed by atoms with E-state index in [1.165, 1.54) is 6.07 Å². The molecule has 1 aliphatic carbocycles. The van der Waals surface area contributed by atoms with Gasteiger partial charge in [-0.2, -0.15) is 0 Å². The van der Waals surface area contributed by atoms with Gasteiger partial charge < -0.3 is 11.1 Å². The van der Waals surface area contributed by atoms with Gasteiger partial charge in [-0.15, -0.1) is 0 Å². The summed E-state index contributed by atoms with van der Waals surface area (Å²) in [5.41, 5.74) is 7.36. The lowest BCUT2D eigenvalue weighted by molar-refractivity contribution is 0.0921. The summed E-state index contributed by atoms with van der Waals surface area (Å²) < 4.78 is 14.2. The van der Waals surface area contributed by atoms with Gasteiger partial charge in [0.05, 0.1) is 6.04 Å². The highest BCUT2D eigenvalue weighted by Crippen LogP contribution is 2.36. The van der Waals surface area contributed by atoms with Gasteiger partial charge >= 0.3 is 0 Å². The Bertz CT molecular complexity index is 695. The normalized spacial score (nSPS) is 16.2. The van der Waals surface area contributed by atoms with Crippen molar-refractivity contribution in [3.63, 3.8) is 0 Å². The quantitative estimate of drug-likeness (QED) is 0.836. The van der Waals surface area contributed by atoms with Crippen molar-refractivity contribution >= 4 is 11.6 Å². The number of nitrogen functional groups attached to an aromatic ring is 1. The molecule has 23 heavy (non-hydrogen) atoms. The average molecular weight is 312 g/mol. The van der Waals surface area contributed by atoms with Crippen LogP contribution in [0.1, 0.15) is 47.6 Å². The van der Waals surface area contributed by atoms with Crippen LogP contribution in [0.4, 0.5) is 10.1 Å². The molecule has 3 N–H and O–H groups in total. The van der Waals surface area contributed by atoms with Crippen molar-refractivity contribution in [3.05, 3.63) is 65.5 Å². The van der Waals surface area contributed by atoms with Crippen LogP contribution in [0.15, 0.2) is 48.5 Å². The molecule has 0 aromatic heterocycles. The van der Waals surface area contributed by atoms with E-state index in [1.54, 1.807) is 36.4 Å². The van der Waals surface area contributed by atoms with E-state index in [2.05, 4.69) is 5.32 Å². The van der Waals surface area contributed by atoms with Crippen LogP contribution in [0.2, 0.25) is 0 Å². The Hall–Kier alpha value is -2.36. The maximum atomic E-state index is 14.2. The number of nitrogens with two attached hydrogens (primary N) is 1. The molecule has 1 amide bonds. The summed E-state index contributed by atoms with van der Waals surface area (Å²) in [6.07, 6.45) is 4.28. The van der Waals surface area contributed by atoms with Crippen LogP contribution in [0, 0.1) is 11.7 Å². The zero-order chi connectivity index (χ0) is 16.2. The van der Waals surface area contributed by atoms with Crippen LogP contribution in [0.3, 0.4) is 0 Å². The van der Waals surface area contributed by atoms with E-state index in [4.69, 9.17) is 5.73 Å². The van der Waals surface area contributed by atoms with Crippen LogP contribution >= 0.6 is 0 Å². The largest absolute Gasteiger partial charge is 0.399 e. The summed E-state index contributed by atoms with van der Waals surface area (Å²) in [7, 11) is 0. The molecule has 0 radical (unpaired) electrons. The Labute approximate surface area is 135 Å². The lowest BCUT2D eigenvalue weighted by Crippen LogP contribution is -2.33. The second-order valence-electron chi connectivity index (χ2n) is 6.14. The molecule has 1 saturated carbocycles. The lowest BCUT2D eigenvalue weighted by Gasteiger charge is -2.25. The molecular formula is C19H21FN2O. The maximum Gasteiger partial charge on any atom is 0.251 e. The molecule has 1 fully saturated rings. The van der Waals surface area contributed by atoms with Crippen LogP contribution in [0.5, 0.6) is 0 Å². The molecule has 3 nitrogen and oxygen atoms in total. The molecule has 1 aliphatic rings. The molecule has 0 spiro atoms. The van der Waals surface area contributed by atoms with Crippen LogP contribution in [0.25, 0.3) is 0 Å². The average Bonchev–Trinajstić information content (AvgIpc) is 3.07. The molecule has 0 heterocycles. The van der Waals surface area contributed by atoms with Gasteiger partial charge in [0.15, 0.2) is 0 Å². The molecule has 3 rings (SSSR count). The standard InChI is InChI=1S/C19H21FN2O/c20-17-11-4-3-10-16(17)18(13-6-1-2-7-13)22-19(23)14-8-5-9-15(21)12-14/h3-5,8-13,18H,1-2,6-7,21H2,(H,22,23). The van der Waals surface area contributed by atoms with Crippen LogP contribution in [-0.2, 0) is 0 Å². The number of carbonyl (C=O) groups is 1. The summed E-state index contributed by atoms with van der Waals surface area (Å²) in [6, 6.07) is 13.2. The fraction of sp³-hybridized carbons (Fsp3) is 0.316. The molecule has 2 aromatic rings. The first kappa shape index (κ1) is 15.5. The zero-order valence-corrected chi connectivity index (χ0v) is 13.0. The number of benzene rings is 2. The van der Waals surface area contributed by atoms with E-state index in [0.717, 1.165) is 25.7 Å². The minimum Gasteiger partial charge on any atom is -0.399 e. The summed E-state index contributed by atoms with van der Waals surface area (Å²) >= 11 is 0. The summed E-state index contributed by atoms with van der Waals surface area (Å²) in [6.45, 7) is 0. The third-order valence-corrected chi connectivity index (χ3v) is 4.55. The second kappa shape index (κ2) is 6.82. The van der Waals surface area contributed by atoms with Crippen molar-refractivity contribution in [3.8, 4) is 0 Å². The van der Waals surface area contributed by atoms with Gasteiger partial charge in [-0.25, -0.2) is 4.39 Å². The third-order valence-electron chi connectivity index (χ3n) is 4.55. The van der Waals surface area contributed by atoms with Crippen molar-refractivity contribution in [1.82, 2.24) is 5.32 Å². The SMILES string of the molecule is Nc1cccc(C(=O)NC(c2ccccc2F)C2CCCC2)c1. The van der Waals surface area contributed by atoms with Gasteiger partial charge in [0, 0.05) is 16.8 Å². The van der Waals surface area contributed by atoms with Gasteiger partial charge in [-0.05, 0) is 43.0 Å². The minimum atomic E-state index is -0.298. The number of hydrogen-bond acceptors (Lipinski definition) is 2. The zero-order valence-electron chi connectivity index (χ0n) is 13.0. The van der Waals surface area contributed by atoms with E-state index in [9.17, 15) is 9.18 Å². The molecule has 120 valence electrons. The fourth-order valence-corrected chi connectivity index (χ4v) is 3.37. The molecule has 1 unspecified atom stereocenters. The summed E-state index contributed by atoms with van der Waals surface area (Å²) in [5.74, 6) is -0.202. The van der Waals surface area contributed by atoms with E-state index >= 15 is 0 Å². The number of anilines is 1. The monoisotopic (exact) mass is 312 g/mol. The highest BCUT2D eigenvalue weighted by molar-refractivity contribution is 5.95. The van der Waals surface area contributed by atoms with E-state index in [0.29, 0.717) is 16.8 Å². The van der Waals surface area contributed by atoms with E-state index in [-0.39, 0.29) is 23.7 Å². The van der Waals surface area contributed by atoms with Crippen LogP contribution < -0.4 is 11.1 Å². The summed E-state index contributed by atoms with van der Waals surface area (Å²) in [4.78, 5) is 12.6. The molecule has 2 aromatic carbocycles. The first-order valence-electron chi connectivity index (χ1n) is 8.06. The van der Waals surface area contributed by atoms with E-state index < -0.39 is 0 Å². The first-order valence-corrected chi connectivity index (χ1v) is 8.06. The highest BCUT2D eigenvalue weighted by atomic mass is 19.1. The third kappa shape index (κ3) is 3.52. The smallest absolute Gasteiger partial charge is 0.251 e. The lowest BCUT2D eigenvalue weighted by atomic mass is 9.91. The van der Waals surface area contributed by atoms with Crippen molar-refractivity contribution in [1.29, 1.82) is 0 Å². The molecular weight excluding hydrogens is 291 g/mol. The van der Waals surface area contributed by atoms with Crippen molar-refractivity contribution < 1.29 is 9.18 Å². The van der Waals surface area contributed by atoms with Crippen molar-refractivity contribution in [2.75, 3.05) is 5.73 Å². The number of amides is 1. The Morgan fingerprint density at radius 1 is 1.13 bits per heavy atom. The van der Waals surface area contributed by atoms with Gasteiger partial charge in [0.2, 0.25) is 0 Å². The van der Waals surface area contributed by atoms with Crippen molar-refractivity contribution in [2.24, 2.45) is 5.92 Å². The molecule has 0 saturated heterocycles. The maximum absolute atomic E-state index is 14.2. The van der Waals surface area contributed by atoms with Gasteiger partial charge in [-0.3, -0.25) is 4.79 Å².